The zero-order valence-corrected chi connectivity index (χ0v) is 21.1. The lowest BCUT2D eigenvalue weighted by Crippen LogP contribution is -2.46. The van der Waals surface area contributed by atoms with Crippen LogP contribution >= 0.6 is 11.3 Å². The molecule has 1 unspecified atom stereocenters. The average Bonchev–Trinajstić information content (AvgIpc) is 3.44. The van der Waals surface area contributed by atoms with Gasteiger partial charge in [0.1, 0.15) is 10.3 Å². The third-order valence-corrected chi connectivity index (χ3v) is 9.90. The van der Waals surface area contributed by atoms with Crippen LogP contribution in [0.5, 0.6) is 0 Å². The summed E-state index contributed by atoms with van der Waals surface area (Å²) in [7, 11) is -7.93. The van der Waals surface area contributed by atoms with E-state index < -0.39 is 37.9 Å². The van der Waals surface area contributed by atoms with Crippen molar-refractivity contribution in [2.24, 2.45) is 5.14 Å². The first-order valence-electron chi connectivity index (χ1n) is 10.6. The molecule has 0 aliphatic carbocycles. The van der Waals surface area contributed by atoms with Crippen LogP contribution in [0.2, 0.25) is 0 Å². The Bertz CT molecular complexity index is 1450. The Labute approximate surface area is 207 Å². The van der Waals surface area contributed by atoms with Crippen LogP contribution in [-0.2, 0) is 36.1 Å². The van der Waals surface area contributed by atoms with Crippen LogP contribution in [0.15, 0.2) is 75.1 Å². The number of anilines is 1. The average molecular weight is 534 g/mol. The fourth-order valence-corrected chi connectivity index (χ4v) is 7.08. The molecular formula is C23H23N3O6S3. The highest BCUT2D eigenvalue weighted by molar-refractivity contribution is 7.91. The number of sulfonamides is 2. The van der Waals surface area contributed by atoms with Gasteiger partial charge < -0.3 is 0 Å². The Balaban J connectivity index is 1.64. The fourth-order valence-electron chi connectivity index (χ4n) is 3.86. The standard InChI is InChI=1S/C23H23N3O6S3/c1-16-4-8-18(9-5-16)26-21(27)15-20(23(26)28)25(35(31,32)22-3-2-14-33-22)13-12-17-6-10-19(11-7-17)34(24,29)30/h2-11,14,20H,12-13,15H2,1H3,(H2,24,29,30). The predicted octanol–water partition coefficient (Wildman–Crippen LogP) is 2.27. The number of carbonyl (C=O) groups excluding carboxylic acids is 2. The highest BCUT2D eigenvalue weighted by Gasteiger charge is 2.47. The number of carbonyl (C=O) groups is 2. The summed E-state index contributed by atoms with van der Waals surface area (Å²) in [4.78, 5) is 27.1. The molecule has 1 aliphatic rings. The van der Waals surface area contributed by atoms with Crippen LogP contribution < -0.4 is 10.0 Å². The molecule has 35 heavy (non-hydrogen) atoms. The van der Waals surface area contributed by atoms with Crippen molar-refractivity contribution in [1.29, 1.82) is 0 Å². The number of imide groups is 1. The smallest absolute Gasteiger partial charge is 0.253 e. The van der Waals surface area contributed by atoms with E-state index in [0.29, 0.717) is 11.3 Å². The van der Waals surface area contributed by atoms with Crippen LogP contribution in [0, 0.1) is 6.92 Å². The lowest BCUT2D eigenvalue weighted by Gasteiger charge is -2.26. The summed E-state index contributed by atoms with van der Waals surface area (Å²) in [6.45, 7) is 1.80. The van der Waals surface area contributed by atoms with Gasteiger partial charge in [0.2, 0.25) is 15.9 Å². The number of hydrogen-bond acceptors (Lipinski definition) is 7. The van der Waals surface area contributed by atoms with E-state index in [0.717, 1.165) is 26.1 Å². The number of thiophene rings is 1. The molecule has 2 aromatic carbocycles. The lowest BCUT2D eigenvalue weighted by molar-refractivity contribution is -0.122. The molecule has 1 atom stereocenters. The quantitative estimate of drug-likeness (QED) is 0.442. The number of aryl methyl sites for hydroxylation is 1. The van der Waals surface area contributed by atoms with Gasteiger partial charge in [0.15, 0.2) is 0 Å². The molecule has 2 N–H and O–H groups in total. The summed E-state index contributed by atoms with van der Waals surface area (Å²) in [6, 6.07) is 14.5. The molecule has 3 aromatic rings. The zero-order valence-electron chi connectivity index (χ0n) is 18.7. The summed E-state index contributed by atoms with van der Waals surface area (Å²) in [5, 5.41) is 6.75. The molecule has 1 fully saturated rings. The Morgan fingerprint density at radius 3 is 2.23 bits per heavy atom. The summed E-state index contributed by atoms with van der Waals surface area (Å²) in [5.41, 5.74) is 2.00. The first-order valence-corrected chi connectivity index (χ1v) is 14.5. The minimum absolute atomic E-state index is 0.0605. The number of nitrogens with two attached hydrogens (primary N) is 1. The van der Waals surface area contributed by atoms with Gasteiger partial charge in [0.25, 0.3) is 15.9 Å². The Morgan fingerprint density at radius 1 is 1.00 bits per heavy atom. The highest BCUT2D eigenvalue weighted by atomic mass is 32.2. The van der Waals surface area contributed by atoms with Crippen molar-refractivity contribution >= 4 is 48.9 Å². The van der Waals surface area contributed by atoms with E-state index in [1.54, 1.807) is 35.7 Å². The third kappa shape index (κ3) is 5.21. The number of amides is 2. The largest absolute Gasteiger partial charge is 0.274 e. The van der Waals surface area contributed by atoms with Crippen molar-refractivity contribution in [3.63, 3.8) is 0 Å². The van der Waals surface area contributed by atoms with Crippen molar-refractivity contribution in [2.75, 3.05) is 11.4 Å². The van der Waals surface area contributed by atoms with Crippen molar-refractivity contribution in [2.45, 2.75) is 34.9 Å². The van der Waals surface area contributed by atoms with E-state index in [4.69, 9.17) is 5.14 Å². The molecule has 0 radical (unpaired) electrons. The van der Waals surface area contributed by atoms with Crippen LogP contribution in [0.4, 0.5) is 5.69 Å². The van der Waals surface area contributed by atoms with Crippen LogP contribution in [0.25, 0.3) is 0 Å². The Morgan fingerprint density at radius 2 is 1.66 bits per heavy atom. The van der Waals surface area contributed by atoms with E-state index in [2.05, 4.69) is 0 Å². The topological polar surface area (TPSA) is 135 Å². The predicted molar refractivity (Wildman–Crippen MR) is 132 cm³/mol. The Kier molecular flexibility index (Phi) is 6.93. The monoisotopic (exact) mass is 533 g/mol. The first kappa shape index (κ1) is 25.2. The highest BCUT2D eigenvalue weighted by Crippen LogP contribution is 2.31. The van der Waals surface area contributed by atoms with Gasteiger partial charge in [-0.15, -0.1) is 11.3 Å². The van der Waals surface area contributed by atoms with E-state index in [1.165, 1.54) is 30.3 Å². The molecule has 12 heteroatoms. The van der Waals surface area contributed by atoms with Crippen LogP contribution in [0.3, 0.4) is 0 Å². The summed E-state index contributed by atoms with van der Waals surface area (Å²) < 4.78 is 51.1. The number of rotatable bonds is 8. The number of hydrogen-bond donors (Lipinski definition) is 1. The van der Waals surface area contributed by atoms with Crippen molar-refractivity contribution < 1.29 is 26.4 Å². The van der Waals surface area contributed by atoms with Gasteiger partial charge in [-0.25, -0.2) is 26.9 Å². The molecule has 0 spiro atoms. The third-order valence-electron chi connectivity index (χ3n) is 5.69. The normalized spacial score (nSPS) is 16.9. The zero-order chi connectivity index (χ0) is 25.4. The van der Waals surface area contributed by atoms with Crippen molar-refractivity contribution in [3.05, 3.63) is 77.2 Å². The molecule has 9 nitrogen and oxygen atoms in total. The van der Waals surface area contributed by atoms with Gasteiger partial charge in [-0.1, -0.05) is 35.9 Å². The molecule has 4 rings (SSSR count). The van der Waals surface area contributed by atoms with Gasteiger partial charge in [-0.05, 0) is 54.6 Å². The van der Waals surface area contributed by atoms with Gasteiger partial charge in [0, 0.05) is 6.54 Å². The van der Waals surface area contributed by atoms with Gasteiger partial charge in [-0.3, -0.25) is 9.59 Å². The number of primary sulfonamides is 1. The minimum atomic E-state index is -4.08. The number of benzene rings is 2. The molecule has 1 aromatic heterocycles. The maximum absolute atomic E-state index is 13.5. The second-order valence-corrected chi connectivity index (χ2v) is 12.7. The molecule has 0 saturated carbocycles. The SMILES string of the molecule is Cc1ccc(N2C(=O)CC(N(CCc3ccc(S(N)(=O)=O)cc3)S(=O)(=O)c3cccs3)C2=O)cc1. The molecular weight excluding hydrogens is 510 g/mol. The lowest BCUT2D eigenvalue weighted by atomic mass is 10.1. The van der Waals surface area contributed by atoms with E-state index in [1.807, 2.05) is 6.92 Å². The summed E-state index contributed by atoms with van der Waals surface area (Å²) >= 11 is 1.02. The first-order chi connectivity index (χ1) is 16.5. The fraction of sp³-hybridized carbons (Fsp3) is 0.217. The van der Waals surface area contributed by atoms with Gasteiger partial charge in [-0.2, -0.15) is 4.31 Å². The van der Waals surface area contributed by atoms with Crippen LogP contribution in [-0.4, -0.2) is 45.5 Å². The van der Waals surface area contributed by atoms with Crippen molar-refractivity contribution in [1.82, 2.24) is 4.31 Å². The molecule has 184 valence electrons. The maximum atomic E-state index is 13.5. The number of nitrogens with zero attached hydrogens (tertiary/aromatic N) is 2. The van der Waals surface area contributed by atoms with Gasteiger partial charge >= 0.3 is 0 Å². The van der Waals surface area contributed by atoms with E-state index in [9.17, 15) is 26.4 Å². The van der Waals surface area contributed by atoms with E-state index in [-0.39, 0.29) is 28.5 Å². The Hall–Kier alpha value is -2.90. The molecule has 1 saturated heterocycles. The van der Waals surface area contributed by atoms with Gasteiger partial charge in [0.05, 0.1) is 17.0 Å². The molecule has 2 amide bonds. The minimum Gasteiger partial charge on any atom is -0.274 e. The van der Waals surface area contributed by atoms with E-state index >= 15 is 0 Å². The second kappa shape index (κ2) is 9.63. The summed E-state index contributed by atoms with van der Waals surface area (Å²) in [5.74, 6) is -1.09. The molecule has 2 heterocycles. The van der Waals surface area contributed by atoms with Crippen molar-refractivity contribution in [3.8, 4) is 0 Å². The maximum Gasteiger partial charge on any atom is 0.253 e. The molecule has 0 bridgehead atoms. The molecule has 1 aliphatic heterocycles. The second-order valence-electron chi connectivity index (χ2n) is 8.11. The van der Waals surface area contributed by atoms with Crippen LogP contribution in [0.1, 0.15) is 17.5 Å². The summed E-state index contributed by atoms with van der Waals surface area (Å²) in [6.07, 6.45) is -0.0837.